The zero-order valence-corrected chi connectivity index (χ0v) is 9.13. The number of ether oxygens (including phenoxy) is 1. The zero-order chi connectivity index (χ0) is 10.5. The van der Waals surface area contributed by atoms with Gasteiger partial charge in [0.05, 0.1) is 12.6 Å². The molecule has 0 aromatic rings. The fourth-order valence-corrected chi connectivity index (χ4v) is 2.26. The molecule has 2 aliphatic rings. The lowest BCUT2D eigenvalue weighted by molar-refractivity contribution is -0.123. The first-order valence-corrected chi connectivity index (χ1v) is 5.98. The molecule has 1 amide bonds. The Hall–Kier alpha value is -0.610. The molecular formula is C11H20N2O2. The van der Waals surface area contributed by atoms with Crippen molar-refractivity contribution in [2.75, 3.05) is 19.8 Å². The van der Waals surface area contributed by atoms with Crippen molar-refractivity contribution in [3.05, 3.63) is 0 Å². The van der Waals surface area contributed by atoms with E-state index in [0.717, 1.165) is 51.9 Å². The third kappa shape index (κ3) is 3.18. The van der Waals surface area contributed by atoms with Gasteiger partial charge >= 0.3 is 0 Å². The van der Waals surface area contributed by atoms with Crippen molar-refractivity contribution in [2.24, 2.45) is 0 Å². The summed E-state index contributed by atoms with van der Waals surface area (Å²) in [6.45, 7) is 2.46. The molecule has 0 aromatic heterocycles. The molecule has 15 heavy (non-hydrogen) atoms. The first-order chi connectivity index (χ1) is 7.36. The highest BCUT2D eigenvalue weighted by Crippen LogP contribution is 2.11. The van der Waals surface area contributed by atoms with Crippen LogP contribution in [-0.2, 0) is 9.53 Å². The highest BCUT2D eigenvalue weighted by Gasteiger charge is 2.24. The van der Waals surface area contributed by atoms with Crippen LogP contribution < -0.4 is 10.6 Å². The van der Waals surface area contributed by atoms with Gasteiger partial charge in [-0.25, -0.2) is 0 Å². The average Bonchev–Trinajstić information content (AvgIpc) is 2.46. The Morgan fingerprint density at radius 1 is 1.27 bits per heavy atom. The molecule has 2 atom stereocenters. The molecular weight excluding hydrogens is 192 g/mol. The molecule has 2 heterocycles. The van der Waals surface area contributed by atoms with Crippen LogP contribution in [-0.4, -0.2) is 37.7 Å². The summed E-state index contributed by atoms with van der Waals surface area (Å²) in [5.41, 5.74) is 0. The standard InChI is InChI=1S/C11H20N2O2/c14-11-10(5-1-2-6-12-11)13-9-4-3-7-15-8-9/h9-10,13H,1-8H2,(H,12,14). The lowest BCUT2D eigenvalue weighted by atomic mass is 10.1. The van der Waals surface area contributed by atoms with Crippen LogP contribution in [0.1, 0.15) is 32.1 Å². The molecule has 2 N–H and O–H groups in total. The predicted molar refractivity (Wildman–Crippen MR) is 57.6 cm³/mol. The zero-order valence-electron chi connectivity index (χ0n) is 9.13. The maximum absolute atomic E-state index is 11.7. The molecule has 2 rings (SSSR count). The van der Waals surface area contributed by atoms with Gasteiger partial charge < -0.3 is 15.4 Å². The number of amides is 1. The van der Waals surface area contributed by atoms with E-state index in [2.05, 4.69) is 10.6 Å². The Balaban J connectivity index is 1.82. The van der Waals surface area contributed by atoms with Gasteiger partial charge in [0.1, 0.15) is 0 Å². The quantitative estimate of drug-likeness (QED) is 0.697. The maximum Gasteiger partial charge on any atom is 0.237 e. The van der Waals surface area contributed by atoms with Gasteiger partial charge in [0, 0.05) is 19.2 Å². The van der Waals surface area contributed by atoms with Crippen molar-refractivity contribution < 1.29 is 9.53 Å². The first-order valence-electron chi connectivity index (χ1n) is 5.98. The Morgan fingerprint density at radius 3 is 3.00 bits per heavy atom. The predicted octanol–water partition coefficient (Wildman–Crippen LogP) is 0.424. The number of carbonyl (C=O) groups is 1. The van der Waals surface area contributed by atoms with Crippen LogP contribution in [0.3, 0.4) is 0 Å². The largest absolute Gasteiger partial charge is 0.380 e. The molecule has 0 bridgehead atoms. The van der Waals surface area contributed by atoms with E-state index in [-0.39, 0.29) is 11.9 Å². The van der Waals surface area contributed by atoms with Crippen molar-refractivity contribution >= 4 is 5.91 Å². The van der Waals surface area contributed by atoms with Crippen LogP contribution in [0.4, 0.5) is 0 Å². The van der Waals surface area contributed by atoms with Gasteiger partial charge in [0.2, 0.25) is 5.91 Å². The normalized spacial score (nSPS) is 33.2. The molecule has 86 valence electrons. The van der Waals surface area contributed by atoms with Gasteiger partial charge in [0.15, 0.2) is 0 Å². The van der Waals surface area contributed by atoms with Gasteiger partial charge in [-0.15, -0.1) is 0 Å². The fourth-order valence-electron chi connectivity index (χ4n) is 2.26. The summed E-state index contributed by atoms with van der Waals surface area (Å²) < 4.78 is 5.40. The van der Waals surface area contributed by atoms with E-state index < -0.39 is 0 Å². The van der Waals surface area contributed by atoms with Crippen LogP contribution >= 0.6 is 0 Å². The Kier molecular flexibility index (Phi) is 3.97. The summed E-state index contributed by atoms with van der Waals surface area (Å²) in [4.78, 5) is 11.7. The van der Waals surface area contributed by atoms with E-state index in [1.807, 2.05) is 0 Å². The van der Waals surface area contributed by atoms with Crippen LogP contribution in [0.15, 0.2) is 0 Å². The van der Waals surface area contributed by atoms with Crippen LogP contribution in [0, 0.1) is 0 Å². The Morgan fingerprint density at radius 2 is 2.20 bits per heavy atom. The molecule has 0 aromatic carbocycles. The lowest BCUT2D eigenvalue weighted by Crippen LogP contribution is -2.49. The van der Waals surface area contributed by atoms with Gasteiger partial charge in [-0.2, -0.15) is 0 Å². The average molecular weight is 212 g/mol. The third-order valence-electron chi connectivity index (χ3n) is 3.13. The highest BCUT2D eigenvalue weighted by molar-refractivity contribution is 5.81. The van der Waals surface area contributed by atoms with Crippen LogP contribution in [0.5, 0.6) is 0 Å². The monoisotopic (exact) mass is 212 g/mol. The molecule has 2 saturated heterocycles. The lowest BCUT2D eigenvalue weighted by Gasteiger charge is -2.27. The summed E-state index contributed by atoms with van der Waals surface area (Å²) in [5.74, 6) is 0.165. The van der Waals surface area contributed by atoms with Crippen molar-refractivity contribution in [2.45, 2.75) is 44.2 Å². The smallest absolute Gasteiger partial charge is 0.237 e. The summed E-state index contributed by atoms with van der Waals surface area (Å²) in [5, 5.41) is 6.35. The molecule has 4 nitrogen and oxygen atoms in total. The Labute approximate surface area is 90.8 Å². The number of hydrogen-bond donors (Lipinski definition) is 2. The number of rotatable bonds is 2. The number of hydrogen-bond acceptors (Lipinski definition) is 3. The summed E-state index contributed by atoms with van der Waals surface area (Å²) in [7, 11) is 0. The van der Waals surface area contributed by atoms with Crippen molar-refractivity contribution in [1.82, 2.24) is 10.6 Å². The van der Waals surface area contributed by atoms with E-state index >= 15 is 0 Å². The van der Waals surface area contributed by atoms with Crippen LogP contribution in [0.25, 0.3) is 0 Å². The molecule has 0 saturated carbocycles. The molecule has 0 radical (unpaired) electrons. The maximum atomic E-state index is 11.7. The van der Waals surface area contributed by atoms with Gasteiger partial charge in [-0.1, -0.05) is 0 Å². The van der Waals surface area contributed by atoms with E-state index in [0.29, 0.717) is 6.04 Å². The molecule has 0 aliphatic carbocycles. The number of nitrogens with one attached hydrogen (secondary N) is 2. The minimum Gasteiger partial charge on any atom is -0.380 e. The van der Waals surface area contributed by atoms with Crippen molar-refractivity contribution in [1.29, 1.82) is 0 Å². The van der Waals surface area contributed by atoms with Crippen LogP contribution in [0.2, 0.25) is 0 Å². The summed E-state index contributed by atoms with van der Waals surface area (Å²) in [6.07, 6.45) is 5.42. The summed E-state index contributed by atoms with van der Waals surface area (Å²) in [6, 6.07) is 0.367. The van der Waals surface area contributed by atoms with Crippen molar-refractivity contribution in [3.8, 4) is 0 Å². The van der Waals surface area contributed by atoms with E-state index in [4.69, 9.17) is 4.74 Å². The molecule has 2 fully saturated rings. The topological polar surface area (TPSA) is 50.4 Å². The summed E-state index contributed by atoms with van der Waals surface area (Å²) >= 11 is 0. The molecule has 2 unspecified atom stereocenters. The number of carbonyl (C=O) groups excluding carboxylic acids is 1. The second kappa shape index (κ2) is 5.47. The van der Waals surface area contributed by atoms with Gasteiger partial charge in [0.25, 0.3) is 0 Å². The first kappa shape index (κ1) is 10.9. The third-order valence-corrected chi connectivity index (χ3v) is 3.13. The second-order valence-corrected chi connectivity index (χ2v) is 4.42. The SMILES string of the molecule is O=C1NCCCCC1NC1CCCOC1. The molecule has 4 heteroatoms. The molecule has 2 aliphatic heterocycles. The fraction of sp³-hybridized carbons (Fsp3) is 0.909. The Bertz CT molecular complexity index is 215. The molecule has 0 spiro atoms. The van der Waals surface area contributed by atoms with E-state index in [9.17, 15) is 4.79 Å². The minimum absolute atomic E-state index is 0.000741. The van der Waals surface area contributed by atoms with E-state index in [1.54, 1.807) is 0 Å². The highest BCUT2D eigenvalue weighted by atomic mass is 16.5. The van der Waals surface area contributed by atoms with Gasteiger partial charge in [-0.3, -0.25) is 4.79 Å². The second-order valence-electron chi connectivity index (χ2n) is 4.42. The van der Waals surface area contributed by atoms with Gasteiger partial charge in [-0.05, 0) is 32.1 Å². The van der Waals surface area contributed by atoms with Crippen molar-refractivity contribution in [3.63, 3.8) is 0 Å². The minimum atomic E-state index is -0.000741. The van der Waals surface area contributed by atoms with E-state index in [1.165, 1.54) is 0 Å².